The van der Waals surface area contributed by atoms with Crippen molar-refractivity contribution >= 4 is 17.0 Å². The third-order valence-corrected chi connectivity index (χ3v) is 3.11. The first-order chi connectivity index (χ1) is 5.61. The molecular weight excluding hydrogens is 174 g/mol. The van der Waals surface area contributed by atoms with Crippen LogP contribution in [0.1, 0.15) is 26.2 Å². The molecule has 2 nitrogen and oxygen atoms in total. The zero-order valence-corrected chi connectivity index (χ0v) is 8.47. The summed E-state index contributed by atoms with van der Waals surface area (Å²) in [6.45, 7) is 2.99. The van der Waals surface area contributed by atoms with Gasteiger partial charge in [0.2, 0.25) is 0 Å². The highest BCUT2D eigenvalue weighted by molar-refractivity contribution is 6.62. The quantitative estimate of drug-likeness (QED) is 0.494. The average Bonchev–Trinajstić information content (AvgIpc) is 1.82. The zero-order valence-electron chi connectivity index (χ0n) is 7.72. The highest BCUT2D eigenvalue weighted by Crippen LogP contribution is 2.33. The van der Waals surface area contributed by atoms with Crippen molar-refractivity contribution < 1.29 is 4.79 Å². The van der Waals surface area contributed by atoms with Crippen LogP contribution in [0.2, 0.25) is 0 Å². The van der Waals surface area contributed by atoms with Crippen molar-refractivity contribution in [2.75, 3.05) is 13.6 Å². The fourth-order valence-electron chi connectivity index (χ4n) is 1.66. The van der Waals surface area contributed by atoms with Crippen LogP contribution in [0.4, 0.5) is 4.79 Å². The first kappa shape index (κ1) is 9.85. The van der Waals surface area contributed by atoms with E-state index in [0.29, 0.717) is 5.92 Å². The number of nitrogens with zero attached hydrogens (tertiary/aromatic N) is 1. The zero-order chi connectivity index (χ0) is 9.14. The summed E-state index contributed by atoms with van der Waals surface area (Å²) in [5.74, 6) is 1.43. The maximum absolute atomic E-state index is 10.7. The second kappa shape index (κ2) is 4.13. The molecule has 0 bridgehead atoms. The van der Waals surface area contributed by atoms with Crippen LogP contribution in [0.3, 0.4) is 0 Å². The minimum Gasteiger partial charge on any atom is -0.332 e. The Morgan fingerprint density at radius 3 is 2.58 bits per heavy atom. The molecule has 1 fully saturated rings. The van der Waals surface area contributed by atoms with E-state index in [0.717, 1.165) is 12.5 Å². The third kappa shape index (κ3) is 2.37. The summed E-state index contributed by atoms with van der Waals surface area (Å²) in [5.41, 5.74) is 0. The fraction of sp³-hybridized carbons (Fsp3) is 0.889. The third-order valence-electron chi connectivity index (χ3n) is 2.82. The Morgan fingerprint density at radius 1 is 1.67 bits per heavy atom. The van der Waals surface area contributed by atoms with Crippen molar-refractivity contribution in [3.05, 3.63) is 0 Å². The van der Waals surface area contributed by atoms with E-state index in [9.17, 15) is 4.79 Å². The van der Waals surface area contributed by atoms with Gasteiger partial charge in [0.1, 0.15) is 0 Å². The minimum atomic E-state index is -0.346. The van der Waals surface area contributed by atoms with E-state index in [1.807, 2.05) is 0 Å². The molecule has 1 unspecified atom stereocenters. The molecule has 0 heterocycles. The number of rotatable bonds is 3. The molecule has 12 heavy (non-hydrogen) atoms. The smallest absolute Gasteiger partial charge is 0.316 e. The van der Waals surface area contributed by atoms with Gasteiger partial charge in [0, 0.05) is 13.6 Å². The lowest BCUT2D eigenvalue weighted by atomic mass is 9.76. The first-order valence-electron chi connectivity index (χ1n) is 4.52. The molecule has 0 aromatic heterocycles. The van der Waals surface area contributed by atoms with E-state index in [-0.39, 0.29) is 5.37 Å². The lowest BCUT2D eigenvalue weighted by molar-refractivity contribution is 0.175. The highest BCUT2D eigenvalue weighted by atomic mass is 35.5. The summed E-state index contributed by atoms with van der Waals surface area (Å²) >= 11 is 5.33. The Balaban J connectivity index is 2.24. The molecule has 1 saturated carbocycles. The standard InChI is InChI=1S/C9H16ClNO/c1-7(8-4-3-5-8)6-11(2)9(10)12/h7-8H,3-6H2,1-2H3. The van der Waals surface area contributed by atoms with Crippen LogP contribution in [0.5, 0.6) is 0 Å². The van der Waals surface area contributed by atoms with Crippen LogP contribution in [0.25, 0.3) is 0 Å². The van der Waals surface area contributed by atoms with Gasteiger partial charge < -0.3 is 4.90 Å². The van der Waals surface area contributed by atoms with Crippen LogP contribution >= 0.6 is 11.6 Å². The number of hydrogen-bond acceptors (Lipinski definition) is 1. The van der Waals surface area contributed by atoms with Gasteiger partial charge in [0.25, 0.3) is 0 Å². The summed E-state index contributed by atoms with van der Waals surface area (Å²) in [7, 11) is 1.75. The van der Waals surface area contributed by atoms with Gasteiger partial charge in [-0.2, -0.15) is 0 Å². The molecule has 0 spiro atoms. The molecule has 0 aliphatic heterocycles. The maximum Gasteiger partial charge on any atom is 0.316 e. The average molecular weight is 190 g/mol. The summed E-state index contributed by atoms with van der Waals surface area (Å²) in [6.07, 6.45) is 4.00. The van der Waals surface area contributed by atoms with E-state index in [2.05, 4.69) is 6.92 Å². The molecule has 1 aliphatic rings. The molecular formula is C9H16ClNO. The lowest BCUT2D eigenvalue weighted by Gasteiger charge is -2.33. The SMILES string of the molecule is CC(CN(C)C(=O)Cl)C1CCC1. The van der Waals surface area contributed by atoms with Gasteiger partial charge in [-0.15, -0.1) is 0 Å². The van der Waals surface area contributed by atoms with Gasteiger partial charge in [0.15, 0.2) is 0 Å². The molecule has 3 heteroatoms. The van der Waals surface area contributed by atoms with E-state index in [1.54, 1.807) is 11.9 Å². The Hall–Kier alpha value is -0.240. The second-order valence-corrected chi connectivity index (χ2v) is 4.13. The Morgan fingerprint density at radius 2 is 2.25 bits per heavy atom. The van der Waals surface area contributed by atoms with Crippen LogP contribution in [-0.4, -0.2) is 23.9 Å². The van der Waals surface area contributed by atoms with Crippen molar-refractivity contribution in [3.8, 4) is 0 Å². The van der Waals surface area contributed by atoms with Gasteiger partial charge in [-0.05, 0) is 23.4 Å². The van der Waals surface area contributed by atoms with E-state index >= 15 is 0 Å². The van der Waals surface area contributed by atoms with E-state index in [1.165, 1.54) is 19.3 Å². The number of carbonyl (C=O) groups is 1. The summed E-state index contributed by atoms with van der Waals surface area (Å²) in [4.78, 5) is 12.3. The number of amides is 1. The van der Waals surface area contributed by atoms with E-state index in [4.69, 9.17) is 11.6 Å². The lowest BCUT2D eigenvalue weighted by Crippen LogP contribution is -2.32. The number of halogens is 1. The van der Waals surface area contributed by atoms with Gasteiger partial charge in [0.05, 0.1) is 0 Å². The van der Waals surface area contributed by atoms with Crippen molar-refractivity contribution in [3.63, 3.8) is 0 Å². The molecule has 70 valence electrons. The van der Waals surface area contributed by atoms with Crippen LogP contribution < -0.4 is 0 Å². The predicted molar refractivity (Wildman–Crippen MR) is 50.4 cm³/mol. The van der Waals surface area contributed by atoms with Crippen LogP contribution in [0, 0.1) is 11.8 Å². The van der Waals surface area contributed by atoms with Gasteiger partial charge in [-0.1, -0.05) is 26.2 Å². The van der Waals surface area contributed by atoms with Gasteiger partial charge in [-0.25, -0.2) is 0 Å². The van der Waals surface area contributed by atoms with Crippen LogP contribution in [0.15, 0.2) is 0 Å². The van der Waals surface area contributed by atoms with Crippen molar-refractivity contribution in [1.82, 2.24) is 4.90 Å². The maximum atomic E-state index is 10.7. The molecule has 1 aliphatic carbocycles. The Kier molecular flexibility index (Phi) is 3.39. The number of carbonyl (C=O) groups excluding carboxylic acids is 1. The van der Waals surface area contributed by atoms with Gasteiger partial charge in [-0.3, -0.25) is 4.79 Å². The largest absolute Gasteiger partial charge is 0.332 e. The molecule has 0 saturated heterocycles. The topological polar surface area (TPSA) is 20.3 Å². The number of hydrogen-bond donors (Lipinski definition) is 0. The van der Waals surface area contributed by atoms with E-state index < -0.39 is 0 Å². The second-order valence-electron chi connectivity index (χ2n) is 3.80. The van der Waals surface area contributed by atoms with Crippen molar-refractivity contribution in [1.29, 1.82) is 0 Å². The summed E-state index contributed by atoms with van der Waals surface area (Å²) in [5, 5.41) is -0.346. The molecule has 1 atom stereocenters. The van der Waals surface area contributed by atoms with Crippen LogP contribution in [-0.2, 0) is 0 Å². The summed E-state index contributed by atoms with van der Waals surface area (Å²) in [6, 6.07) is 0. The van der Waals surface area contributed by atoms with Crippen molar-refractivity contribution in [2.24, 2.45) is 11.8 Å². The van der Waals surface area contributed by atoms with Crippen molar-refractivity contribution in [2.45, 2.75) is 26.2 Å². The molecule has 0 aromatic rings. The molecule has 0 N–H and O–H groups in total. The first-order valence-corrected chi connectivity index (χ1v) is 4.89. The monoisotopic (exact) mass is 189 g/mol. The Labute approximate surface area is 78.9 Å². The highest BCUT2D eigenvalue weighted by Gasteiger charge is 2.25. The van der Waals surface area contributed by atoms with Gasteiger partial charge >= 0.3 is 5.37 Å². The predicted octanol–water partition coefficient (Wildman–Crippen LogP) is 2.71. The fourth-order valence-corrected chi connectivity index (χ4v) is 1.73. The minimum absolute atomic E-state index is 0.346. The Bertz CT molecular complexity index is 168. The molecule has 0 radical (unpaired) electrons. The summed E-state index contributed by atoms with van der Waals surface area (Å²) < 4.78 is 0. The molecule has 0 aromatic carbocycles. The normalized spacial score (nSPS) is 19.9. The molecule has 1 amide bonds. The molecule has 1 rings (SSSR count).